The van der Waals surface area contributed by atoms with Crippen LogP contribution < -0.4 is 11.3 Å². The minimum Gasteiger partial charge on any atom is -0.330 e. The van der Waals surface area contributed by atoms with Gasteiger partial charge in [-0.1, -0.05) is 41.9 Å². The molecule has 1 aromatic heterocycles. The van der Waals surface area contributed by atoms with Gasteiger partial charge >= 0.3 is 0 Å². The summed E-state index contributed by atoms with van der Waals surface area (Å²) in [5, 5.41) is 2.17. The molecule has 0 spiro atoms. The van der Waals surface area contributed by atoms with Crippen LogP contribution in [0.1, 0.15) is 5.69 Å². The lowest BCUT2D eigenvalue weighted by Crippen LogP contribution is -2.23. The first-order valence-electron chi connectivity index (χ1n) is 7.20. The van der Waals surface area contributed by atoms with Crippen molar-refractivity contribution in [2.75, 3.05) is 6.54 Å². The van der Waals surface area contributed by atoms with Crippen LogP contribution in [0, 0.1) is 0 Å². The van der Waals surface area contributed by atoms with Crippen LogP contribution in [0.15, 0.2) is 53.3 Å². The first kappa shape index (κ1) is 17.5. The van der Waals surface area contributed by atoms with Gasteiger partial charge in [0, 0.05) is 35.1 Å². The first-order chi connectivity index (χ1) is 10.6. The van der Waals surface area contributed by atoms with Crippen molar-refractivity contribution in [3.05, 3.63) is 69.6 Å². The van der Waals surface area contributed by atoms with Gasteiger partial charge in [0.05, 0.1) is 0 Å². The van der Waals surface area contributed by atoms with Gasteiger partial charge in [-0.2, -0.15) is 0 Å². The summed E-state index contributed by atoms with van der Waals surface area (Å²) >= 11 is 6.17. The smallest absolute Gasteiger partial charge is 0.258 e. The zero-order valence-electron chi connectivity index (χ0n) is 12.8. The van der Waals surface area contributed by atoms with Gasteiger partial charge in [-0.15, -0.1) is 12.4 Å². The highest BCUT2D eigenvalue weighted by Gasteiger charge is 2.16. The van der Waals surface area contributed by atoms with Crippen molar-refractivity contribution in [3.63, 3.8) is 0 Å². The van der Waals surface area contributed by atoms with Gasteiger partial charge in [0.25, 0.3) is 5.56 Å². The molecule has 2 aromatic carbocycles. The topological polar surface area (TPSA) is 48.0 Å². The van der Waals surface area contributed by atoms with Gasteiger partial charge in [0.15, 0.2) is 0 Å². The van der Waals surface area contributed by atoms with Gasteiger partial charge in [-0.05, 0) is 35.7 Å². The average molecular weight is 349 g/mol. The fourth-order valence-electron chi connectivity index (χ4n) is 2.89. The molecule has 0 saturated heterocycles. The molecule has 0 aliphatic heterocycles. The number of hydrogen-bond acceptors (Lipinski definition) is 2. The molecule has 0 atom stereocenters. The summed E-state index contributed by atoms with van der Waals surface area (Å²) in [6, 6.07) is 15.4. The van der Waals surface area contributed by atoms with Gasteiger partial charge < -0.3 is 10.3 Å². The molecule has 0 radical (unpaired) electrons. The van der Waals surface area contributed by atoms with Crippen molar-refractivity contribution in [2.45, 2.75) is 6.42 Å². The molecular formula is C18H18Cl2N2O. The molecule has 0 aliphatic rings. The van der Waals surface area contributed by atoms with E-state index < -0.39 is 0 Å². The zero-order valence-corrected chi connectivity index (χ0v) is 14.3. The van der Waals surface area contributed by atoms with Crippen molar-refractivity contribution in [1.29, 1.82) is 0 Å². The fourth-order valence-corrected chi connectivity index (χ4v) is 3.06. The highest BCUT2D eigenvalue weighted by Crippen LogP contribution is 2.32. The van der Waals surface area contributed by atoms with Crippen LogP contribution in [0.4, 0.5) is 0 Å². The summed E-state index contributed by atoms with van der Waals surface area (Å²) in [7, 11) is 1.80. The number of pyridine rings is 1. The van der Waals surface area contributed by atoms with Gasteiger partial charge in [-0.25, -0.2) is 0 Å². The molecule has 3 nitrogen and oxygen atoms in total. The zero-order chi connectivity index (χ0) is 15.7. The third-order valence-electron chi connectivity index (χ3n) is 3.92. The summed E-state index contributed by atoms with van der Waals surface area (Å²) in [6.45, 7) is 0.485. The van der Waals surface area contributed by atoms with E-state index in [1.54, 1.807) is 23.7 Å². The predicted molar refractivity (Wildman–Crippen MR) is 99.6 cm³/mol. The summed E-state index contributed by atoms with van der Waals surface area (Å²) < 4.78 is 1.70. The van der Waals surface area contributed by atoms with Crippen molar-refractivity contribution in [3.8, 4) is 11.1 Å². The number of aromatic nitrogens is 1. The van der Waals surface area contributed by atoms with E-state index in [2.05, 4.69) is 0 Å². The Morgan fingerprint density at radius 3 is 2.43 bits per heavy atom. The van der Waals surface area contributed by atoms with E-state index in [9.17, 15) is 4.79 Å². The quantitative estimate of drug-likeness (QED) is 0.782. The number of nitrogens with zero attached hydrogens (tertiary/aromatic N) is 1. The molecule has 0 bridgehead atoms. The van der Waals surface area contributed by atoms with Crippen molar-refractivity contribution >= 4 is 34.8 Å². The normalized spacial score (nSPS) is 10.6. The number of nitrogens with two attached hydrogens (primary N) is 1. The Bertz CT molecular complexity index is 889. The molecule has 0 fully saturated rings. The summed E-state index contributed by atoms with van der Waals surface area (Å²) in [5.74, 6) is 0. The first-order valence-corrected chi connectivity index (χ1v) is 7.58. The van der Waals surface area contributed by atoms with Crippen LogP contribution in [0.2, 0.25) is 5.02 Å². The Morgan fingerprint density at radius 1 is 1.09 bits per heavy atom. The number of rotatable bonds is 3. The Balaban J connectivity index is 0.00000192. The van der Waals surface area contributed by atoms with E-state index in [1.165, 1.54) is 0 Å². The summed E-state index contributed by atoms with van der Waals surface area (Å²) in [6.07, 6.45) is 0.637. The van der Waals surface area contributed by atoms with E-state index in [0.717, 1.165) is 22.2 Å². The van der Waals surface area contributed by atoms with Crippen LogP contribution in [0.25, 0.3) is 21.9 Å². The lowest BCUT2D eigenvalue weighted by molar-refractivity contribution is 0.772. The third kappa shape index (κ3) is 3.13. The molecule has 0 aliphatic carbocycles. The minimum absolute atomic E-state index is 0. The van der Waals surface area contributed by atoms with E-state index in [1.807, 2.05) is 36.4 Å². The third-order valence-corrected chi connectivity index (χ3v) is 4.16. The summed E-state index contributed by atoms with van der Waals surface area (Å²) in [4.78, 5) is 12.6. The highest BCUT2D eigenvalue weighted by atomic mass is 35.5. The maximum absolute atomic E-state index is 12.6. The lowest BCUT2D eigenvalue weighted by atomic mass is 9.95. The number of hydrogen-bond donors (Lipinski definition) is 1. The molecule has 0 unspecified atom stereocenters. The second kappa shape index (κ2) is 7.18. The predicted octanol–water partition coefficient (Wildman–Crippen LogP) is 3.78. The average Bonchev–Trinajstić information content (AvgIpc) is 2.53. The largest absolute Gasteiger partial charge is 0.330 e. The Kier molecular flexibility index (Phi) is 5.47. The van der Waals surface area contributed by atoms with Gasteiger partial charge in [0.1, 0.15) is 0 Å². The van der Waals surface area contributed by atoms with E-state index in [0.29, 0.717) is 23.4 Å². The van der Waals surface area contributed by atoms with Gasteiger partial charge in [0.2, 0.25) is 0 Å². The van der Waals surface area contributed by atoms with E-state index in [4.69, 9.17) is 17.3 Å². The van der Waals surface area contributed by atoms with Crippen LogP contribution in [-0.2, 0) is 13.5 Å². The van der Waals surface area contributed by atoms with Crippen molar-refractivity contribution < 1.29 is 0 Å². The monoisotopic (exact) mass is 348 g/mol. The second-order valence-corrected chi connectivity index (χ2v) is 5.72. The molecule has 5 heteroatoms. The summed E-state index contributed by atoms with van der Waals surface area (Å²) in [5.41, 5.74) is 8.78. The lowest BCUT2D eigenvalue weighted by Gasteiger charge is -2.17. The molecule has 1 heterocycles. The highest BCUT2D eigenvalue weighted by molar-refractivity contribution is 6.31. The van der Waals surface area contributed by atoms with E-state index >= 15 is 0 Å². The molecule has 0 amide bonds. The number of fused-ring (bicyclic) bond motifs is 1. The molecule has 23 heavy (non-hydrogen) atoms. The molecule has 2 N–H and O–H groups in total. The van der Waals surface area contributed by atoms with E-state index in [-0.39, 0.29) is 18.0 Å². The number of benzene rings is 2. The Hall–Kier alpha value is -1.81. The Labute approximate surface area is 146 Å². The second-order valence-electron chi connectivity index (χ2n) is 5.28. The standard InChI is InChI=1S/C18H17ClN2O.ClH/c1-21-16(9-10-20)17(12-5-3-2-4-6-12)15-11-13(19)7-8-14(15)18(21)22;/h2-8,11H,9-10,20H2,1H3;1H. The van der Waals surface area contributed by atoms with Crippen LogP contribution >= 0.6 is 24.0 Å². The van der Waals surface area contributed by atoms with Crippen molar-refractivity contribution in [2.24, 2.45) is 12.8 Å². The molecule has 120 valence electrons. The van der Waals surface area contributed by atoms with Crippen LogP contribution in [-0.4, -0.2) is 11.1 Å². The molecular weight excluding hydrogens is 331 g/mol. The van der Waals surface area contributed by atoms with Crippen molar-refractivity contribution in [1.82, 2.24) is 4.57 Å². The SMILES string of the molecule is Cl.Cn1c(CCN)c(-c2ccccc2)c2cc(Cl)ccc2c1=O. The molecule has 0 saturated carbocycles. The maximum atomic E-state index is 12.6. The minimum atomic E-state index is -0.0187. The Morgan fingerprint density at radius 2 is 1.78 bits per heavy atom. The van der Waals surface area contributed by atoms with Crippen LogP contribution in [0.5, 0.6) is 0 Å². The molecule has 3 rings (SSSR count). The van der Waals surface area contributed by atoms with Gasteiger partial charge in [-0.3, -0.25) is 4.79 Å². The maximum Gasteiger partial charge on any atom is 0.258 e. The molecule has 3 aromatic rings. The van der Waals surface area contributed by atoms with Crippen LogP contribution in [0.3, 0.4) is 0 Å². The number of halogens is 2. The fraction of sp³-hybridized carbons (Fsp3) is 0.167.